The lowest BCUT2D eigenvalue weighted by atomic mass is 10.2. The van der Waals surface area contributed by atoms with Crippen LogP contribution in [0.2, 0.25) is 5.02 Å². The molecule has 1 atom stereocenters. The second-order valence-corrected chi connectivity index (χ2v) is 2.96. The zero-order chi connectivity index (χ0) is 8.43. The highest BCUT2D eigenvalue weighted by Gasteiger charge is 2.03. The average molecular weight is 172 g/mol. The first-order chi connectivity index (χ1) is 5.09. The van der Waals surface area contributed by atoms with Crippen molar-refractivity contribution in [3.05, 3.63) is 28.5 Å². The van der Waals surface area contributed by atoms with Crippen LogP contribution in [0.4, 0.5) is 0 Å². The van der Waals surface area contributed by atoms with Crippen LogP contribution in [0.1, 0.15) is 24.4 Å². The largest absolute Gasteiger partial charge is 0.387 e. The summed E-state index contributed by atoms with van der Waals surface area (Å²) in [5.41, 5.74) is 1.45. The summed E-state index contributed by atoms with van der Waals surface area (Å²) in [4.78, 5) is 4.10. The minimum absolute atomic E-state index is 0.549. The number of aromatic nitrogens is 1. The third kappa shape index (κ3) is 2.17. The van der Waals surface area contributed by atoms with Crippen LogP contribution in [0.3, 0.4) is 0 Å². The van der Waals surface area contributed by atoms with Crippen LogP contribution in [0.25, 0.3) is 0 Å². The molecule has 1 heterocycles. The first-order valence-electron chi connectivity index (χ1n) is 3.42. The van der Waals surface area contributed by atoms with Crippen molar-refractivity contribution in [2.45, 2.75) is 20.0 Å². The lowest BCUT2D eigenvalue weighted by Gasteiger charge is -2.04. The van der Waals surface area contributed by atoms with Gasteiger partial charge in [-0.05, 0) is 26.0 Å². The Morgan fingerprint density at radius 3 is 2.64 bits per heavy atom. The first kappa shape index (κ1) is 8.50. The van der Waals surface area contributed by atoms with Crippen LogP contribution in [0.15, 0.2) is 12.1 Å². The Kier molecular flexibility index (Phi) is 2.47. The van der Waals surface area contributed by atoms with E-state index in [2.05, 4.69) is 4.98 Å². The number of aryl methyl sites for hydroxylation is 1. The third-order valence-electron chi connectivity index (χ3n) is 1.37. The Hall–Kier alpha value is -0.600. The minimum atomic E-state index is -0.549. The maximum Gasteiger partial charge on any atom is 0.0932 e. The normalized spacial score (nSPS) is 13.1. The fourth-order valence-corrected chi connectivity index (χ4v) is 1.13. The van der Waals surface area contributed by atoms with E-state index in [0.717, 1.165) is 5.69 Å². The van der Waals surface area contributed by atoms with Crippen molar-refractivity contribution in [3.8, 4) is 0 Å². The van der Waals surface area contributed by atoms with E-state index in [0.29, 0.717) is 10.7 Å². The molecule has 0 bridgehead atoms. The fraction of sp³-hybridized carbons (Fsp3) is 0.375. The van der Waals surface area contributed by atoms with Gasteiger partial charge in [-0.25, -0.2) is 0 Å². The molecule has 0 spiro atoms. The van der Waals surface area contributed by atoms with Crippen molar-refractivity contribution >= 4 is 11.6 Å². The number of halogens is 1. The van der Waals surface area contributed by atoms with Crippen molar-refractivity contribution in [2.24, 2.45) is 0 Å². The molecule has 0 aliphatic heterocycles. The van der Waals surface area contributed by atoms with E-state index in [9.17, 15) is 0 Å². The standard InChI is InChI=1S/C8H10ClNO/c1-5-3-7(9)4-8(10-5)6(2)11/h3-4,6,11H,1-2H3/t6-/m0/s1. The van der Waals surface area contributed by atoms with E-state index in [-0.39, 0.29) is 0 Å². The summed E-state index contributed by atoms with van der Waals surface area (Å²) in [7, 11) is 0. The van der Waals surface area contributed by atoms with Gasteiger partial charge in [0.15, 0.2) is 0 Å². The second kappa shape index (κ2) is 3.20. The van der Waals surface area contributed by atoms with E-state index in [1.807, 2.05) is 6.92 Å². The second-order valence-electron chi connectivity index (χ2n) is 2.53. The van der Waals surface area contributed by atoms with Crippen LogP contribution in [0, 0.1) is 6.92 Å². The van der Waals surface area contributed by atoms with Crippen molar-refractivity contribution in [3.63, 3.8) is 0 Å². The van der Waals surface area contributed by atoms with E-state index >= 15 is 0 Å². The van der Waals surface area contributed by atoms with Crippen molar-refractivity contribution in [1.29, 1.82) is 0 Å². The topological polar surface area (TPSA) is 33.1 Å². The Bertz CT molecular complexity index is 240. The molecule has 60 valence electrons. The molecule has 1 aromatic rings. The summed E-state index contributed by atoms with van der Waals surface area (Å²) in [6.45, 7) is 3.51. The molecule has 0 saturated heterocycles. The molecule has 0 saturated carbocycles. The number of nitrogens with zero attached hydrogens (tertiary/aromatic N) is 1. The molecule has 0 unspecified atom stereocenters. The van der Waals surface area contributed by atoms with Gasteiger partial charge in [0.05, 0.1) is 11.8 Å². The van der Waals surface area contributed by atoms with Crippen LogP contribution in [-0.4, -0.2) is 10.1 Å². The zero-order valence-corrected chi connectivity index (χ0v) is 7.26. The van der Waals surface area contributed by atoms with Gasteiger partial charge in [0.25, 0.3) is 0 Å². The molecule has 3 heteroatoms. The van der Waals surface area contributed by atoms with E-state index < -0.39 is 6.10 Å². The smallest absolute Gasteiger partial charge is 0.0932 e. The molecule has 1 aromatic heterocycles. The molecular formula is C8H10ClNO. The zero-order valence-electron chi connectivity index (χ0n) is 6.50. The average Bonchev–Trinajstić information content (AvgIpc) is 1.85. The van der Waals surface area contributed by atoms with Gasteiger partial charge in [0.2, 0.25) is 0 Å². The SMILES string of the molecule is Cc1cc(Cl)cc([C@H](C)O)n1. The molecule has 1 N–H and O–H groups in total. The van der Waals surface area contributed by atoms with Crippen LogP contribution < -0.4 is 0 Å². The van der Waals surface area contributed by atoms with Gasteiger partial charge < -0.3 is 5.11 Å². The van der Waals surface area contributed by atoms with Gasteiger partial charge in [-0.1, -0.05) is 11.6 Å². The van der Waals surface area contributed by atoms with Crippen LogP contribution in [-0.2, 0) is 0 Å². The number of hydrogen-bond donors (Lipinski definition) is 1. The number of hydrogen-bond acceptors (Lipinski definition) is 2. The molecule has 1 rings (SSSR count). The lowest BCUT2D eigenvalue weighted by molar-refractivity contribution is 0.194. The fourth-order valence-electron chi connectivity index (χ4n) is 0.865. The highest BCUT2D eigenvalue weighted by atomic mass is 35.5. The van der Waals surface area contributed by atoms with Crippen LogP contribution in [0.5, 0.6) is 0 Å². The molecule has 0 fully saturated rings. The van der Waals surface area contributed by atoms with Gasteiger partial charge in [0.1, 0.15) is 0 Å². The summed E-state index contributed by atoms with van der Waals surface area (Å²) in [6, 6.07) is 3.42. The summed E-state index contributed by atoms with van der Waals surface area (Å²) < 4.78 is 0. The summed E-state index contributed by atoms with van der Waals surface area (Å²) in [5, 5.41) is 9.77. The summed E-state index contributed by atoms with van der Waals surface area (Å²) in [5.74, 6) is 0. The van der Waals surface area contributed by atoms with Gasteiger partial charge in [-0.2, -0.15) is 0 Å². The number of aliphatic hydroxyl groups excluding tert-OH is 1. The van der Waals surface area contributed by atoms with Crippen LogP contribution >= 0.6 is 11.6 Å². The maximum absolute atomic E-state index is 9.15. The molecule has 0 radical (unpaired) electrons. The predicted octanol–water partition coefficient (Wildman–Crippen LogP) is 2.10. The van der Waals surface area contributed by atoms with Gasteiger partial charge in [-0.15, -0.1) is 0 Å². The molecule has 0 aliphatic carbocycles. The molecule has 0 aliphatic rings. The first-order valence-corrected chi connectivity index (χ1v) is 3.79. The Morgan fingerprint density at radius 1 is 1.55 bits per heavy atom. The van der Waals surface area contributed by atoms with Crippen molar-refractivity contribution in [2.75, 3.05) is 0 Å². The van der Waals surface area contributed by atoms with E-state index in [1.165, 1.54) is 0 Å². The predicted molar refractivity (Wildman–Crippen MR) is 44.6 cm³/mol. The Balaban J connectivity index is 3.08. The third-order valence-corrected chi connectivity index (χ3v) is 1.58. The monoisotopic (exact) mass is 171 g/mol. The van der Waals surface area contributed by atoms with Gasteiger partial charge in [0, 0.05) is 10.7 Å². The Morgan fingerprint density at radius 2 is 2.18 bits per heavy atom. The molecule has 11 heavy (non-hydrogen) atoms. The molecule has 2 nitrogen and oxygen atoms in total. The van der Waals surface area contributed by atoms with Gasteiger partial charge in [-0.3, -0.25) is 4.98 Å². The van der Waals surface area contributed by atoms with Crippen molar-refractivity contribution < 1.29 is 5.11 Å². The van der Waals surface area contributed by atoms with E-state index in [1.54, 1.807) is 19.1 Å². The molecular weight excluding hydrogens is 162 g/mol. The lowest BCUT2D eigenvalue weighted by Crippen LogP contribution is -1.96. The van der Waals surface area contributed by atoms with E-state index in [4.69, 9.17) is 16.7 Å². The number of aliphatic hydroxyl groups is 1. The number of pyridine rings is 1. The summed E-state index contributed by atoms with van der Waals surface area (Å²) in [6.07, 6.45) is -0.549. The highest BCUT2D eigenvalue weighted by Crippen LogP contribution is 2.16. The number of rotatable bonds is 1. The minimum Gasteiger partial charge on any atom is -0.387 e. The summed E-state index contributed by atoms with van der Waals surface area (Å²) >= 11 is 5.74. The maximum atomic E-state index is 9.15. The Labute approximate surface area is 70.8 Å². The molecule has 0 aromatic carbocycles. The van der Waals surface area contributed by atoms with Gasteiger partial charge >= 0.3 is 0 Å². The highest BCUT2D eigenvalue weighted by molar-refractivity contribution is 6.30. The molecule has 0 amide bonds. The van der Waals surface area contributed by atoms with Crippen molar-refractivity contribution in [1.82, 2.24) is 4.98 Å². The quantitative estimate of drug-likeness (QED) is 0.702.